The summed E-state index contributed by atoms with van der Waals surface area (Å²) in [6.45, 7) is 2.67. The molecule has 582 valence electrons. The number of nitrogens with one attached hydrogen (secondary N) is 1. The molecule has 14 nitrogen and oxygen atoms in total. The molecule has 2 rings (SSSR count). The first kappa shape index (κ1) is 93.7. The molecule has 9 N–H and O–H groups in total. The Morgan fingerprint density at radius 2 is 0.686 bits per heavy atom. The molecule has 0 aromatic heterocycles. The van der Waals surface area contributed by atoms with Crippen molar-refractivity contribution in [3.63, 3.8) is 0 Å². The van der Waals surface area contributed by atoms with Crippen molar-refractivity contribution in [2.75, 3.05) is 19.8 Å². The lowest BCUT2D eigenvalue weighted by molar-refractivity contribution is -0.359. The smallest absolute Gasteiger partial charge is 0.220 e. The minimum Gasteiger partial charge on any atom is -0.394 e. The van der Waals surface area contributed by atoms with E-state index in [2.05, 4.69) is 165 Å². The maximum Gasteiger partial charge on any atom is 0.220 e. The average Bonchev–Trinajstić information content (AvgIpc) is 0.790. The molecule has 12 unspecified atom stereocenters. The maximum atomic E-state index is 13.4. The van der Waals surface area contributed by atoms with Crippen LogP contribution in [0.5, 0.6) is 0 Å². The van der Waals surface area contributed by atoms with Gasteiger partial charge in [-0.2, -0.15) is 0 Å². The van der Waals surface area contributed by atoms with Gasteiger partial charge >= 0.3 is 0 Å². The number of aliphatic hydroxyl groups is 8. The van der Waals surface area contributed by atoms with Crippen LogP contribution >= 0.6 is 0 Å². The van der Waals surface area contributed by atoms with E-state index in [0.29, 0.717) is 12.8 Å². The molecule has 1 amide bonds. The molecule has 0 bridgehead atoms. The Labute approximate surface area is 620 Å². The average molecular weight is 1430 g/mol. The Hall–Kier alpha value is -4.39. The van der Waals surface area contributed by atoms with Gasteiger partial charge < -0.3 is 65.1 Å². The lowest BCUT2D eigenvalue weighted by Gasteiger charge is -2.46. The highest BCUT2D eigenvalue weighted by atomic mass is 16.7. The molecular weight excluding hydrogens is 1280 g/mol. The molecule has 2 fully saturated rings. The molecule has 0 spiro atoms. The van der Waals surface area contributed by atoms with Crippen LogP contribution in [0.25, 0.3) is 0 Å². The van der Waals surface area contributed by atoms with E-state index in [9.17, 15) is 45.6 Å². The van der Waals surface area contributed by atoms with Gasteiger partial charge in [0.2, 0.25) is 5.91 Å². The molecule has 14 heteroatoms. The fourth-order valence-electron chi connectivity index (χ4n) is 12.3. The highest BCUT2D eigenvalue weighted by Crippen LogP contribution is 2.30. The first-order valence-electron chi connectivity index (χ1n) is 40.7. The van der Waals surface area contributed by atoms with E-state index in [-0.39, 0.29) is 18.9 Å². The minimum absolute atomic E-state index is 0.242. The van der Waals surface area contributed by atoms with E-state index in [1.54, 1.807) is 6.08 Å². The van der Waals surface area contributed by atoms with E-state index in [4.69, 9.17) is 18.9 Å². The lowest BCUT2D eigenvalue weighted by atomic mass is 9.97. The monoisotopic (exact) mass is 1430 g/mol. The van der Waals surface area contributed by atoms with Crippen molar-refractivity contribution in [1.29, 1.82) is 0 Å². The summed E-state index contributed by atoms with van der Waals surface area (Å²) < 4.78 is 22.9. The molecule has 0 radical (unpaired) electrons. The quantitative estimate of drug-likeness (QED) is 0.0204. The molecule has 2 heterocycles. The van der Waals surface area contributed by atoms with Gasteiger partial charge in [-0.25, -0.2) is 0 Å². The SMILES string of the molecule is CC/C=C\C/C=C\C/C=C\C/C=C\C/C=C\C/C=C\C/C=C\C/C=C\C/C=C\C/C=C\CCCCCCCCC(=O)NC(COC1OC(CO)C(OC2OC(CO)C(O)C(O)C2O)C(O)C1O)C(O)/C=C/CC/C=C/CC/C=C/CCCCCCCCCCCCCCCCCCCCCCC. The molecule has 2 aliphatic heterocycles. The predicted molar refractivity (Wildman–Crippen MR) is 424 cm³/mol. The highest BCUT2D eigenvalue weighted by molar-refractivity contribution is 5.76. The summed E-state index contributed by atoms with van der Waals surface area (Å²) in [5, 5.41) is 87.7. The number of ether oxygens (including phenoxy) is 4. The van der Waals surface area contributed by atoms with Crippen LogP contribution in [0, 0.1) is 0 Å². The van der Waals surface area contributed by atoms with Gasteiger partial charge in [0.1, 0.15) is 48.8 Å². The fourth-order valence-corrected chi connectivity index (χ4v) is 12.3. The van der Waals surface area contributed by atoms with E-state index in [0.717, 1.165) is 128 Å². The summed E-state index contributed by atoms with van der Waals surface area (Å²) >= 11 is 0. The third-order valence-corrected chi connectivity index (χ3v) is 18.7. The van der Waals surface area contributed by atoms with Gasteiger partial charge in [0, 0.05) is 6.42 Å². The van der Waals surface area contributed by atoms with E-state index in [1.165, 1.54) is 135 Å². The number of hydrogen-bond donors (Lipinski definition) is 9. The topological polar surface area (TPSA) is 228 Å². The Kier molecular flexibility index (Phi) is 64.0. The van der Waals surface area contributed by atoms with E-state index < -0.39 is 86.8 Å². The molecule has 102 heavy (non-hydrogen) atoms. The third-order valence-electron chi connectivity index (χ3n) is 18.7. The second-order valence-electron chi connectivity index (χ2n) is 27.8. The summed E-state index contributed by atoms with van der Waals surface area (Å²) in [7, 11) is 0. The van der Waals surface area contributed by atoms with Crippen LogP contribution in [0.15, 0.2) is 158 Å². The predicted octanol–water partition coefficient (Wildman–Crippen LogP) is 18.9. The fraction of sp³-hybridized carbons (Fsp3) is 0.693. The van der Waals surface area contributed by atoms with Gasteiger partial charge in [0.15, 0.2) is 12.6 Å². The number of amides is 1. The molecule has 0 aliphatic carbocycles. The van der Waals surface area contributed by atoms with Gasteiger partial charge in [-0.1, -0.05) is 326 Å². The van der Waals surface area contributed by atoms with Crippen molar-refractivity contribution in [2.24, 2.45) is 0 Å². The van der Waals surface area contributed by atoms with Crippen molar-refractivity contribution in [1.82, 2.24) is 5.32 Å². The molecule has 2 aliphatic rings. The van der Waals surface area contributed by atoms with Gasteiger partial charge in [-0.3, -0.25) is 4.79 Å². The molecule has 2 saturated heterocycles. The van der Waals surface area contributed by atoms with Crippen molar-refractivity contribution in [3.05, 3.63) is 158 Å². The highest BCUT2D eigenvalue weighted by Gasteiger charge is 2.51. The van der Waals surface area contributed by atoms with Crippen molar-refractivity contribution < 1.29 is 64.6 Å². The third kappa shape index (κ3) is 51.7. The van der Waals surface area contributed by atoms with Gasteiger partial charge in [-0.05, 0) is 122 Å². The second kappa shape index (κ2) is 69.6. The zero-order valence-corrected chi connectivity index (χ0v) is 63.8. The van der Waals surface area contributed by atoms with Crippen molar-refractivity contribution >= 4 is 5.91 Å². The Morgan fingerprint density at radius 3 is 1.08 bits per heavy atom. The Bertz CT molecular complexity index is 2330. The largest absolute Gasteiger partial charge is 0.394 e. The van der Waals surface area contributed by atoms with Crippen LogP contribution in [-0.2, 0) is 23.7 Å². The Balaban J connectivity index is 1.67. The first-order chi connectivity index (χ1) is 50.1. The van der Waals surface area contributed by atoms with E-state index >= 15 is 0 Å². The molecule has 12 atom stereocenters. The van der Waals surface area contributed by atoms with E-state index in [1.807, 2.05) is 6.08 Å². The Morgan fingerprint density at radius 1 is 0.363 bits per heavy atom. The summed E-state index contributed by atoms with van der Waals surface area (Å²) in [6.07, 6.45) is 90.3. The van der Waals surface area contributed by atoms with Crippen molar-refractivity contribution in [3.8, 4) is 0 Å². The van der Waals surface area contributed by atoms with Gasteiger partial charge in [-0.15, -0.1) is 0 Å². The van der Waals surface area contributed by atoms with Gasteiger partial charge in [0.25, 0.3) is 0 Å². The summed E-state index contributed by atoms with van der Waals surface area (Å²) in [5.74, 6) is -0.272. The molecule has 0 aromatic carbocycles. The summed E-state index contributed by atoms with van der Waals surface area (Å²) in [5.41, 5.74) is 0. The normalized spacial score (nSPS) is 22.5. The van der Waals surface area contributed by atoms with Crippen LogP contribution in [0.1, 0.15) is 296 Å². The number of carbonyl (C=O) groups excluding carboxylic acids is 1. The number of rotatable bonds is 66. The number of allylic oxidation sites excluding steroid dienone is 25. The zero-order valence-electron chi connectivity index (χ0n) is 63.8. The maximum absolute atomic E-state index is 13.4. The standard InChI is InChI=1S/C88H147NO13/c1-3-5-7-9-11-13-15-17-19-21-23-25-27-29-31-33-35-36-37-38-39-40-42-44-46-48-50-52-54-56-58-60-62-64-66-68-70-72-80(93)89-76(75-99-87-85(98)83(96)86(79(74-91)101-87)102-88-84(97)82(95)81(94)78(73-90)100-88)77(92)71-69-67-65-63-61-59-57-55-53-51-49-47-45-43-41-34-32-30-28-26-24-22-20-18-16-14-12-10-8-6-4-2/h5,7,11,13,17,19,23,25,29,31,35-36,38-39,42,44,48,50,53-56,61,63,69,71,76-79,81-88,90-92,94-98H,3-4,6,8-10,12,14-16,18,20-22,24,26-28,30,32-34,37,40-41,43,45-47,49,51-52,57-60,62,64-68,70,72-75H2,1-2H3,(H,89,93)/b7-5-,13-11-,19-17-,25-23-,31-29-,36-35-,39-38-,44-42-,50-48-,55-53+,56-54-,63-61+,71-69+. The zero-order chi connectivity index (χ0) is 73.7. The van der Waals surface area contributed by atoms with Crippen LogP contribution < -0.4 is 5.32 Å². The number of unbranched alkanes of at least 4 members (excludes halogenated alkanes) is 29. The minimum atomic E-state index is -1.80. The molecular formula is C88H147NO13. The number of hydrogen-bond acceptors (Lipinski definition) is 13. The van der Waals surface area contributed by atoms with Crippen molar-refractivity contribution in [2.45, 2.75) is 370 Å². The number of aliphatic hydroxyl groups excluding tert-OH is 8. The van der Waals surface area contributed by atoms with Crippen LogP contribution in [0.4, 0.5) is 0 Å². The van der Waals surface area contributed by atoms with Crippen LogP contribution in [0.3, 0.4) is 0 Å². The van der Waals surface area contributed by atoms with Gasteiger partial charge in [0.05, 0.1) is 32.0 Å². The number of carbonyl (C=O) groups is 1. The molecule has 0 saturated carbocycles. The van der Waals surface area contributed by atoms with Crippen LogP contribution in [-0.4, -0.2) is 140 Å². The summed E-state index contributed by atoms with van der Waals surface area (Å²) in [6, 6.07) is -0.961. The summed E-state index contributed by atoms with van der Waals surface area (Å²) in [4.78, 5) is 13.4. The first-order valence-corrected chi connectivity index (χ1v) is 40.7. The molecule has 0 aromatic rings. The van der Waals surface area contributed by atoms with Crippen LogP contribution in [0.2, 0.25) is 0 Å². The second-order valence-corrected chi connectivity index (χ2v) is 27.8. The lowest BCUT2D eigenvalue weighted by Crippen LogP contribution is -2.65.